The first-order chi connectivity index (χ1) is 13.2. The Morgan fingerprint density at radius 3 is 2.96 bits per heavy atom. The number of nitrogens with zero attached hydrogens (tertiary/aromatic N) is 2. The molecule has 0 aliphatic carbocycles. The molecule has 1 unspecified atom stereocenters. The summed E-state index contributed by atoms with van der Waals surface area (Å²) in [4.78, 5) is 15.8. The number of para-hydroxylation sites is 1. The number of nitrogens with one attached hydrogen (secondary N) is 1. The van der Waals surface area contributed by atoms with Gasteiger partial charge in [-0.1, -0.05) is 24.6 Å². The van der Waals surface area contributed by atoms with Crippen LogP contribution in [0.5, 0.6) is 0 Å². The minimum Gasteiger partial charge on any atom is -0.351 e. The molecule has 1 aliphatic rings. The van der Waals surface area contributed by atoms with Gasteiger partial charge in [0.2, 0.25) is 0 Å². The normalized spacial score (nSPS) is 18.0. The molecule has 0 radical (unpaired) electrons. The first-order valence-electron chi connectivity index (χ1n) is 9.91. The maximum atomic E-state index is 12.5. The molecule has 1 saturated heterocycles. The predicted octanol–water partition coefficient (Wildman–Crippen LogP) is 4.69. The molecule has 0 bridgehead atoms. The van der Waals surface area contributed by atoms with Crippen LogP contribution in [0.3, 0.4) is 0 Å². The molecule has 3 aromatic rings. The number of carbonyl (C=O) groups excluding carboxylic acids is 1. The Morgan fingerprint density at radius 1 is 1.19 bits per heavy atom. The number of aromatic nitrogens is 1. The third-order valence-electron chi connectivity index (χ3n) is 5.50. The predicted molar refractivity (Wildman–Crippen MR) is 113 cm³/mol. The topological polar surface area (TPSA) is 37.3 Å². The fourth-order valence-corrected chi connectivity index (χ4v) is 4.84. The Kier molecular flexibility index (Phi) is 5.60. The van der Waals surface area contributed by atoms with Gasteiger partial charge in [-0.05, 0) is 62.4 Å². The van der Waals surface area contributed by atoms with E-state index in [0.717, 1.165) is 29.4 Å². The van der Waals surface area contributed by atoms with E-state index in [4.69, 9.17) is 0 Å². The molecular weight excluding hydrogens is 354 g/mol. The molecule has 142 valence electrons. The number of hydrogen-bond donors (Lipinski definition) is 1. The fourth-order valence-electron chi connectivity index (χ4n) is 3.92. The summed E-state index contributed by atoms with van der Waals surface area (Å²) in [5.41, 5.74) is 1.17. The summed E-state index contributed by atoms with van der Waals surface area (Å²) in [7, 11) is 0. The fraction of sp³-hybridized carbons (Fsp3) is 0.409. The van der Waals surface area contributed by atoms with Gasteiger partial charge in [0.15, 0.2) is 0 Å². The molecule has 5 heteroatoms. The quantitative estimate of drug-likeness (QED) is 0.629. The van der Waals surface area contributed by atoms with Crippen molar-refractivity contribution in [3.63, 3.8) is 0 Å². The van der Waals surface area contributed by atoms with Gasteiger partial charge in [-0.25, -0.2) is 0 Å². The third-order valence-corrected chi connectivity index (χ3v) is 6.58. The minimum atomic E-state index is 0.0365. The van der Waals surface area contributed by atoms with E-state index in [9.17, 15) is 4.79 Å². The van der Waals surface area contributed by atoms with Gasteiger partial charge in [-0.2, -0.15) is 0 Å². The van der Waals surface area contributed by atoms with E-state index in [1.807, 2.05) is 24.3 Å². The minimum absolute atomic E-state index is 0.0365. The number of piperidine rings is 1. The van der Waals surface area contributed by atoms with Crippen LogP contribution in [0.4, 0.5) is 0 Å². The second-order valence-corrected chi connectivity index (χ2v) is 8.43. The van der Waals surface area contributed by atoms with Crippen molar-refractivity contribution in [1.82, 2.24) is 14.8 Å². The first kappa shape index (κ1) is 18.3. The van der Waals surface area contributed by atoms with Crippen LogP contribution in [-0.4, -0.2) is 41.1 Å². The number of amides is 1. The molecular formula is C22H27N3OS. The van der Waals surface area contributed by atoms with Crippen molar-refractivity contribution in [2.75, 3.05) is 19.6 Å². The maximum absolute atomic E-state index is 12.5. The Bertz CT molecular complexity index is 913. The van der Waals surface area contributed by atoms with Crippen molar-refractivity contribution in [3.05, 3.63) is 53.5 Å². The van der Waals surface area contributed by atoms with Crippen LogP contribution >= 0.6 is 11.3 Å². The zero-order valence-corrected chi connectivity index (χ0v) is 16.7. The van der Waals surface area contributed by atoms with Crippen LogP contribution in [0.2, 0.25) is 0 Å². The van der Waals surface area contributed by atoms with E-state index in [0.29, 0.717) is 6.04 Å². The monoisotopic (exact) mass is 381 g/mol. The lowest BCUT2D eigenvalue weighted by molar-refractivity contribution is 0.0953. The molecule has 1 amide bonds. The van der Waals surface area contributed by atoms with Crippen LogP contribution < -0.4 is 5.32 Å². The molecule has 4 nitrogen and oxygen atoms in total. The zero-order valence-electron chi connectivity index (χ0n) is 15.9. The Labute approximate surface area is 164 Å². The molecule has 1 N–H and O–H groups in total. The summed E-state index contributed by atoms with van der Waals surface area (Å²) in [6.45, 7) is 5.33. The van der Waals surface area contributed by atoms with E-state index in [-0.39, 0.29) is 5.91 Å². The Balaban J connectivity index is 1.32. The molecule has 1 aromatic carbocycles. The summed E-state index contributed by atoms with van der Waals surface area (Å²) in [6, 6.07) is 15.1. The summed E-state index contributed by atoms with van der Waals surface area (Å²) in [5.74, 6) is 0.0365. The summed E-state index contributed by atoms with van der Waals surface area (Å²) in [5, 5.41) is 5.37. The highest BCUT2D eigenvalue weighted by atomic mass is 32.1. The van der Waals surface area contributed by atoms with Crippen LogP contribution in [0.15, 0.2) is 48.7 Å². The second-order valence-electron chi connectivity index (χ2n) is 7.37. The largest absolute Gasteiger partial charge is 0.351 e. The van der Waals surface area contributed by atoms with Crippen molar-refractivity contribution >= 4 is 28.1 Å². The number of rotatable bonds is 6. The smallest absolute Gasteiger partial charge is 0.261 e. The van der Waals surface area contributed by atoms with Gasteiger partial charge >= 0.3 is 0 Å². The van der Waals surface area contributed by atoms with E-state index < -0.39 is 0 Å². The van der Waals surface area contributed by atoms with Gasteiger partial charge in [-0.15, -0.1) is 11.3 Å². The lowest BCUT2D eigenvalue weighted by Crippen LogP contribution is -2.39. The molecule has 1 aliphatic heterocycles. The molecule has 4 rings (SSSR count). The average Bonchev–Trinajstić information content (AvgIpc) is 3.33. The summed E-state index contributed by atoms with van der Waals surface area (Å²) >= 11 is 1.54. The van der Waals surface area contributed by atoms with E-state index in [1.54, 1.807) is 11.3 Å². The third kappa shape index (κ3) is 4.09. The molecule has 3 heterocycles. The summed E-state index contributed by atoms with van der Waals surface area (Å²) < 4.78 is 2.15. The van der Waals surface area contributed by atoms with Crippen molar-refractivity contribution in [2.45, 2.75) is 38.6 Å². The first-order valence-corrected chi connectivity index (χ1v) is 10.7. The van der Waals surface area contributed by atoms with Gasteiger partial charge in [-0.3, -0.25) is 4.79 Å². The SMILES string of the molecule is CC1CCCCN1CCCNC(=O)c1ccc(-n2ccc3ccccc32)s1. The van der Waals surface area contributed by atoms with Gasteiger partial charge in [0.05, 0.1) is 10.4 Å². The van der Waals surface area contributed by atoms with Crippen LogP contribution in [0.25, 0.3) is 15.9 Å². The highest BCUT2D eigenvalue weighted by molar-refractivity contribution is 7.16. The summed E-state index contributed by atoms with van der Waals surface area (Å²) in [6.07, 6.45) is 7.04. The molecule has 1 atom stereocenters. The van der Waals surface area contributed by atoms with Crippen molar-refractivity contribution in [3.8, 4) is 5.00 Å². The molecule has 2 aromatic heterocycles. The zero-order chi connectivity index (χ0) is 18.6. The van der Waals surface area contributed by atoms with Crippen molar-refractivity contribution < 1.29 is 4.79 Å². The number of carbonyl (C=O) groups is 1. The van der Waals surface area contributed by atoms with Gasteiger partial charge in [0, 0.05) is 25.3 Å². The van der Waals surface area contributed by atoms with Gasteiger partial charge in [0.25, 0.3) is 5.91 Å². The van der Waals surface area contributed by atoms with E-state index >= 15 is 0 Å². The standard InChI is InChI=1S/C22H27N3OS/c1-17-7-4-5-14-24(17)15-6-13-23-22(26)20-10-11-21(27-20)25-16-12-18-8-2-3-9-19(18)25/h2-3,8-12,16-17H,4-7,13-15H2,1H3,(H,23,26). The number of thiophene rings is 1. The highest BCUT2D eigenvalue weighted by Gasteiger charge is 2.17. The van der Waals surface area contributed by atoms with Crippen LogP contribution in [0.1, 0.15) is 42.3 Å². The lowest BCUT2D eigenvalue weighted by Gasteiger charge is -2.33. The number of hydrogen-bond acceptors (Lipinski definition) is 3. The Morgan fingerprint density at radius 2 is 2.07 bits per heavy atom. The molecule has 0 saturated carbocycles. The molecule has 0 spiro atoms. The second kappa shape index (κ2) is 8.28. The lowest BCUT2D eigenvalue weighted by atomic mass is 10.0. The van der Waals surface area contributed by atoms with E-state index in [1.165, 1.54) is 36.7 Å². The van der Waals surface area contributed by atoms with Gasteiger partial charge in [0.1, 0.15) is 5.00 Å². The maximum Gasteiger partial charge on any atom is 0.261 e. The molecule has 27 heavy (non-hydrogen) atoms. The molecule has 1 fully saturated rings. The van der Waals surface area contributed by atoms with Crippen LogP contribution in [-0.2, 0) is 0 Å². The average molecular weight is 382 g/mol. The number of benzene rings is 1. The van der Waals surface area contributed by atoms with Crippen LogP contribution in [0, 0.1) is 0 Å². The highest BCUT2D eigenvalue weighted by Crippen LogP contribution is 2.26. The number of likely N-dealkylation sites (tertiary alicyclic amines) is 1. The van der Waals surface area contributed by atoms with E-state index in [2.05, 4.69) is 46.1 Å². The van der Waals surface area contributed by atoms with Crippen molar-refractivity contribution in [1.29, 1.82) is 0 Å². The van der Waals surface area contributed by atoms with Gasteiger partial charge < -0.3 is 14.8 Å². The Hall–Kier alpha value is -2.11. The van der Waals surface area contributed by atoms with Crippen molar-refractivity contribution in [2.24, 2.45) is 0 Å². The number of fused-ring (bicyclic) bond motifs is 1.